The minimum Gasteiger partial charge on any atom is -0.274 e. The predicted molar refractivity (Wildman–Crippen MR) is 129 cm³/mol. The molecule has 0 aromatic heterocycles. The van der Waals surface area contributed by atoms with E-state index in [0.29, 0.717) is 8.61 Å². The first-order chi connectivity index (χ1) is 15.9. The van der Waals surface area contributed by atoms with E-state index in [0.717, 1.165) is 25.0 Å². The molecule has 0 aliphatic rings. The number of carbonyl (C=O) groups excluding carboxylic acids is 2. The summed E-state index contributed by atoms with van der Waals surface area (Å²) in [4.78, 5) is 24.5. The summed E-state index contributed by atoms with van der Waals surface area (Å²) in [6, 6.07) is 17.2. The van der Waals surface area contributed by atoms with Gasteiger partial charge in [0.15, 0.2) is 0 Å². The van der Waals surface area contributed by atoms with Crippen LogP contribution in [0.25, 0.3) is 0 Å². The van der Waals surface area contributed by atoms with Crippen molar-refractivity contribution in [2.24, 2.45) is 0 Å². The molecule has 0 spiro atoms. The minimum absolute atomic E-state index is 0.00746. The maximum absolute atomic E-state index is 13.1. The van der Waals surface area contributed by atoms with Crippen molar-refractivity contribution in [3.05, 3.63) is 83.9 Å². The third-order valence-electron chi connectivity index (χ3n) is 5.01. The number of amides is 2. The maximum Gasteiger partial charge on any atom is 0.270 e. The fourth-order valence-electron chi connectivity index (χ4n) is 3.33. The molecule has 0 fully saturated rings. The largest absolute Gasteiger partial charge is 0.274 e. The molecular weight excluding hydrogens is 476 g/mol. The summed E-state index contributed by atoms with van der Waals surface area (Å²) in [5.74, 6) is -1.49. The number of anilines is 2. The molecule has 3 rings (SSSR count). The van der Waals surface area contributed by atoms with Crippen LogP contribution in [0, 0.1) is 13.8 Å². The van der Waals surface area contributed by atoms with Crippen molar-refractivity contribution in [3.8, 4) is 0 Å². The SMILES string of the molecule is CC(=O)N(c1ccc(N(C(C)=O)S(=O)(=O)c2ccc(C)cc2)cc1)S(=O)(=O)c1ccc(C)cc1. The minimum atomic E-state index is -4.21. The Morgan fingerprint density at radius 2 is 0.794 bits per heavy atom. The third kappa shape index (κ3) is 4.87. The Bertz CT molecular complexity index is 1320. The molecule has 0 N–H and O–H groups in total. The second kappa shape index (κ2) is 9.40. The first kappa shape index (κ1) is 25.1. The highest BCUT2D eigenvalue weighted by molar-refractivity contribution is 7.94. The van der Waals surface area contributed by atoms with Crippen LogP contribution in [0.3, 0.4) is 0 Å². The Balaban J connectivity index is 2.04. The molecule has 0 saturated heterocycles. The van der Waals surface area contributed by atoms with Crippen molar-refractivity contribution in [3.63, 3.8) is 0 Å². The van der Waals surface area contributed by atoms with E-state index in [2.05, 4.69) is 0 Å². The summed E-state index contributed by atoms with van der Waals surface area (Å²) in [6.07, 6.45) is 0. The number of benzene rings is 3. The van der Waals surface area contributed by atoms with Gasteiger partial charge in [0.1, 0.15) is 0 Å². The summed E-state index contributed by atoms with van der Waals surface area (Å²) in [7, 11) is -8.42. The van der Waals surface area contributed by atoms with Crippen LogP contribution in [0.1, 0.15) is 25.0 Å². The molecule has 0 unspecified atom stereocenters. The zero-order valence-corrected chi connectivity index (χ0v) is 20.7. The molecule has 178 valence electrons. The van der Waals surface area contributed by atoms with Crippen molar-refractivity contribution >= 4 is 43.2 Å². The van der Waals surface area contributed by atoms with E-state index in [1.54, 1.807) is 24.3 Å². The standard InChI is InChI=1S/C24H24N2O6S2/c1-17-5-13-23(14-6-17)33(29,30)25(19(3)27)21-9-11-22(12-10-21)26(20(4)28)34(31,32)24-15-7-18(2)8-16-24/h5-16H,1-4H3. The van der Waals surface area contributed by atoms with Crippen LogP contribution >= 0.6 is 0 Å². The molecule has 0 atom stereocenters. The Hall–Kier alpha value is -3.50. The molecule has 2 amide bonds. The van der Waals surface area contributed by atoms with Crippen molar-refractivity contribution in [2.45, 2.75) is 37.5 Å². The third-order valence-corrected chi connectivity index (χ3v) is 8.64. The van der Waals surface area contributed by atoms with Gasteiger partial charge in [-0.3, -0.25) is 9.59 Å². The summed E-state index contributed by atoms with van der Waals surface area (Å²) < 4.78 is 53.8. The normalized spacial score (nSPS) is 11.6. The zero-order valence-electron chi connectivity index (χ0n) is 19.1. The highest BCUT2D eigenvalue weighted by Gasteiger charge is 2.31. The Morgan fingerprint density at radius 3 is 1.03 bits per heavy atom. The van der Waals surface area contributed by atoms with Gasteiger partial charge in [-0.05, 0) is 62.4 Å². The Labute approximate surface area is 199 Å². The summed E-state index contributed by atoms with van der Waals surface area (Å²) >= 11 is 0. The van der Waals surface area contributed by atoms with E-state index in [9.17, 15) is 26.4 Å². The zero-order chi connectivity index (χ0) is 25.3. The van der Waals surface area contributed by atoms with Gasteiger partial charge in [-0.2, -0.15) is 0 Å². The van der Waals surface area contributed by atoms with Gasteiger partial charge < -0.3 is 0 Å². The number of aryl methyl sites for hydroxylation is 2. The van der Waals surface area contributed by atoms with E-state index in [1.165, 1.54) is 48.5 Å². The van der Waals surface area contributed by atoms with Gasteiger partial charge in [-0.25, -0.2) is 25.4 Å². The molecule has 8 nitrogen and oxygen atoms in total. The number of hydrogen-bond donors (Lipinski definition) is 0. The van der Waals surface area contributed by atoms with Crippen LogP contribution in [-0.4, -0.2) is 28.6 Å². The molecule has 0 aliphatic heterocycles. The average molecular weight is 501 g/mol. The molecule has 3 aromatic rings. The lowest BCUT2D eigenvalue weighted by Crippen LogP contribution is -2.36. The number of rotatable bonds is 6. The molecular formula is C24H24N2O6S2. The first-order valence-electron chi connectivity index (χ1n) is 10.2. The highest BCUT2D eigenvalue weighted by Crippen LogP contribution is 2.29. The first-order valence-corrected chi connectivity index (χ1v) is 13.1. The van der Waals surface area contributed by atoms with Gasteiger partial charge in [-0.15, -0.1) is 0 Å². The molecule has 0 heterocycles. The average Bonchev–Trinajstić information content (AvgIpc) is 2.75. The molecule has 3 aromatic carbocycles. The summed E-state index contributed by atoms with van der Waals surface area (Å²) in [5, 5.41) is 0. The lowest BCUT2D eigenvalue weighted by Gasteiger charge is -2.24. The maximum atomic E-state index is 13.1. The van der Waals surface area contributed by atoms with E-state index >= 15 is 0 Å². The number of carbonyl (C=O) groups is 2. The van der Waals surface area contributed by atoms with Crippen LogP contribution in [0.2, 0.25) is 0 Å². The second-order valence-corrected chi connectivity index (χ2v) is 11.3. The molecule has 34 heavy (non-hydrogen) atoms. The molecule has 10 heteroatoms. The van der Waals surface area contributed by atoms with Crippen LogP contribution in [0.5, 0.6) is 0 Å². The summed E-state index contributed by atoms with van der Waals surface area (Å²) in [6.45, 7) is 5.85. The monoisotopic (exact) mass is 500 g/mol. The van der Waals surface area contributed by atoms with Crippen molar-refractivity contribution in [2.75, 3.05) is 8.61 Å². The Morgan fingerprint density at radius 1 is 0.529 bits per heavy atom. The lowest BCUT2D eigenvalue weighted by molar-refractivity contribution is -0.116. The van der Waals surface area contributed by atoms with Crippen LogP contribution in [0.15, 0.2) is 82.6 Å². The van der Waals surface area contributed by atoms with Gasteiger partial charge in [0.2, 0.25) is 11.8 Å². The van der Waals surface area contributed by atoms with Crippen LogP contribution in [-0.2, 0) is 29.6 Å². The van der Waals surface area contributed by atoms with Gasteiger partial charge in [-0.1, -0.05) is 35.4 Å². The van der Waals surface area contributed by atoms with Gasteiger partial charge in [0.25, 0.3) is 20.0 Å². The van der Waals surface area contributed by atoms with E-state index in [1.807, 2.05) is 13.8 Å². The molecule has 0 saturated carbocycles. The van der Waals surface area contributed by atoms with Crippen LogP contribution < -0.4 is 8.61 Å². The van der Waals surface area contributed by atoms with Gasteiger partial charge in [0.05, 0.1) is 21.2 Å². The quantitative estimate of drug-likeness (QED) is 0.510. The summed E-state index contributed by atoms with van der Waals surface area (Å²) in [5.41, 5.74) is 1.73. The fourth-order valence-corrected chi connectivity index (χ4v) is 6.19. The second-order valence-electron chi connectivity index (χ2n) is 7.72. The molecule has 0 bridgehead atoms. The molecule has 0 radical (unpaired) electrons. The molecule has 0 aliphatic carbocycles. The number of sulfonamides is 2. The highest BCUT2D eigenvalue weighted by atomic mass is 32.2. The van der Waals surface area contributed by atoms with Gasteiger partial charge in [0, 0.05) is 13.8 Å². The number of hydrogen-bond acceptors (Lipinski definition) is 6. The lowest BCUT2D eigenvalue weighted by atomic mass is 10.2. The topological polar surface area (TPSA) is 109 Å². The van der Waals surface area contributed by atoms with E-state index in [-0.39, 0.29) is 21.2 Å². The fraction of sp³-hybridized carbons (Fsp3) is 0.167. The van der Waals surface area contributed by atoms with E-state index < -0.39 is 31.9 Å². The van der Waals surface area contributed by atoms with Gasteiger partial charge >= 0.3 is 0 Å². The number of nitrogens with zero attached hydrogens (tertiary/aromatic N) is 2. The van der Waals surface area contributed by atoms with Crippen LogP contribution in [0.4, 0.5) is 11.4 Å². The van der Waals surface area contributed by atoms with Crippen molar-refractivity contribution in [1.29, 1.82) is 0 Å². The van der Waals surface area contributed by atoms with E-state index in [4.69, 9.17) is 0 Å². The van der Waals surface area contributed by atoms with Crippen molar-refractivity contribution < 1.29 is 26.4 Å². The van der Waals surface area contributed by atoms with Crippen molar-refractivity contribution in [1.82, 2.24) is 0 Å². The predicted octanol–water partition coefficient (Wildman–Crippen LogP) is 3.79. The smallest absolute Gasteiger partial charge is 0.270 e. The Kier molecular flexibility index (Phi) is 6.94.